The van der Waals surface area contributed by atoms with Crippen molar-refractivity contribution in [3.63, 3.8) is 0 Å². The molecule has 0 saturated heterocycles. The molecule has 0 N–H and O–H groups in total. The first-order chi connectivity index (χ1) is 14.8. The molecule has 3 aromatic heterocycles. The Labute approximate surface area is 184 Å². The quantitative estimate of drug-likeness (QED) is 0.434. The fourth-order valence-electron chi connectivity index (χ4n) is 3.08. The highest BCUT2D eigenvalue weighted by Crippen LogP contribution is 2.19. The predicted molar refractivity (Wildman–Crippen MR) is 117 cm³/mol. The van der Waals surface area contributed by atoms with Gasteiger partial charge in [0.2, 0.25) is 5.28 Å². The molecule has 4 aromatic rings. The molecule has 0 aliphatic heterocycles. The number of aromatic nitrogens is 6. The lowest BCUT2D eigenvalue weighted by Gasteiger charge is -2.19. The van der Waals surface area contributed by atoms with Crippen LogP contribution in [0.5, 0.6) is 0 Å². The van der Waals surface area contributed by atoms with Crippen molar-refractivity contribution in [1.82, 2.24) is 29.7 Å². The predicted octanol–water partition coefficient (Wildman–Crippen LogP) is 4.51. The molecule has 3 heterocycles. The Balaban J connectivity index is 1.49. The normalized spacial score (nSPS) is 11.6. The van der Waals surface area contributed by atoms with Gasteiger partial charge >= 0.3 is 6.09 Å². The molecule has 0 atom stereocenters. The SMILES string of the molecule is CC(C)(C)OC(=O)n1ncc2cc(CCc3ccnc(-c4ccnc(Cl)n4)n3)ccc21. The van der Waals surface area contributed by atoms with Gasteiger partial charge in [0.25, 0.3) is 0 Å². The van der Waals surface area contributed by atoms with E-state index < -0.39 is 11.7 Å². The number of hydrogen-bond acceptors (Lipinski definition) is 7. The third-order valence-electron chi connectivity index (χ3n) is 4.44. The van der Waals surface area contributed by atoms with Crippen LogP contribution in [0.25, 0.3) is 22.4 Å². The average molecular weight is 437 g/mol. The molecule has 0 radical (unpaired) electrons. The van der Waals surface area contributed by atoms with Crippen LogP contribution in [0, 0.1) is 0 Å². The van der Waals surface area contributed by atoms with Gasteiger partial charge in [-0.05, 0) is 75.0 Å². The van der Waals surface area contributed by atoms with E-state index in [1.807, 2.05) is 45.0 Å². The summed E-state index contributed by atoms with van der Waals surface area (Å²) >= 11 is 5.86. The number of aryl methyl sites for hydroxylation is 2. The van der Waals surface area contributed by atoms with Crippen molar-refractivity contribution in [3.05, 3.63) is 65.5 Å². The van der Waals surface area contributed by atoms with E-state index in [4.69, 9.17) is 16.3 Å². The van der Waals surface area contributed by atoms with Crippen molar-refractivity contribution in [2.45, 2.75) is 39.2 Å². The van der Waals surface area contributed by atoms with E-state index in [0.717, 1.165) is 29.5 Å². The lowest BCUT2D eigenvalue weighted by Crippen LogP contribution is -2.27. The Kier molecular flexibility index (Phi) is 5.65. The van der Waals surface area contributed by atoms with Crippen molar-refractivity contribution in [2.75, 3.05) is 0 Å². The zero-order valence-corrected chi connectivity index (χ0v) is 18.2. The minimum absolute atomic E-state index is 0.159. The molecule has 4 rings (SSSR count). The van der Waals surface area contributed by atoms with Crippen LogP contribution in [0.3, 0.4) is 0 Å². The minimum Gasteiger partial charge on any atom is -0.442 e. The van der Waals surface area contributed by atoms with Crippen LogP contribution in [0.4, 0.5) is 4.79 Å². The van der Waals surface area contributed by atoms with Gasteiger partial charge in [0.1, 0.15) is 11.3 Å². The van der Waals surface area contributed by atoms with E-state index in [0.29, 0.717) is 17.0 Å². The van der Waals surface area contributed by atoms with E-state index in [1.165, 1.54) is 4.68 Å². The second kappa shape index (κ2) is 8.39. The maximum Gasteiger partial charge on any atom is 0.435 e. The summed E-state index contributed by atoms with van der Waals surface area (Å²) in [6.45, 7) is 5.48. The maximum atomic E-state index is 12.3. The molecule has 0 aliphatic carbocycles. The van der Waals surface area contributed by atoms with E-state index in [-0.39, 0.29) is 5.28 Å². The summed E-state index contributed by atoms with van der Waals surface area (Å²) in [6.07, 6.45) is 5.96. The van der Waals surface area contributed by atoms with Gasteiger partial charge < -0.3 is 4.74 Å². The Hall–Kier alpha value is -3.39. The van der Waals surface area contributed by atoms with Crippen LogP contribution >= 0.6 is 11.6 Å². The summed E-state index contributed by atoms with van der Waals surface area (Å²) in [4.78, 5) is 29.2. The molecule has 0 amide bonds. The summed E-state index contributed by atoms with van der Waals surface area (Å²) < 4.78 is 6.70. The first-order valence-corrected chi connectivity index (χ1v) is 10.2. The van der Waals surface area contributed by atoms with E-state index >= 15 is 0 Å². The van der Waals surface area contributed by atoms with Crippen LogP contribution in [-0.2, 0) is 17.6 Å². The molecule has 0 spiro atoms. The third kappa shape index (κ3) is 5.03. The summed E-state index contributed by atoms with van der Waals surface area (Å²) in [5.41, 5.74) is 2.72. The van der Waals surface area contributed by atoms with Crippen LogP contribution in [0.2, 0.25) is 5.28 Å². The second-order valence-corrected chi connectivity index (χ2v) is 8.35. The largest absolute Gasteiger partial charge is 0.442 e. The van der Waals surface area contributed by atoms with Gasteiger partial charge in [0.05, 0.1) is 11.7 Å². The zero-order valence-electron chi connectivity index (χ0n) is 17.4. The highest BCUT2D eigenvalue weighted by molar-refractivity contribution is 6.28. The highest BCUT2D eigenvalue weighted by Gasteiger charge is 2.20. The maximum absolute atomic E-state index is 12.3. The molecule has 0 unspecified atom stereocenters. The first kappa shape index (κ1) is 20.9. The van der Waals surface area contributed by atoms with Crippen molar-refractivity contribution >= 4 is 28.6 Å². The Morgan fingerprint density at radius 3 is 2.65 bits per heavy atom. The summed E-state index contributed by atoms with van der Waals surface area (Å²) in [5, 5.41) is 5.23. The Bertz CT molecular complexity index is 1250. The number of carbonyl (C=O) groups excluding carboxylic acids is 1. The van der Waals surface area contributed by atoms with Crippen molar-refractivity contribution in [1.29, 1.82) is 0 Å². The standard InChI is InChI=1S/C22H21ClN6O2/c1-22(2,3)31-21(30)29-18-7-5-14(12-15(18)13-26-29)4-6-16-8-10-24-19(27-16)17-9-11-25-20(23)28-17/h5,7-13H,4,6H2,1-3H3. The van der Waals surface area contributed by atoms with Gasteiger partial charge in [-0.15, -0.1) is 0 Å². The molecule has 0 aliphatic rings. The molecule has 158 valence electrons. The molecule has 0 fully saturated rings. The molecular formula is C22H21ClN6O2. The monoisotopic (exact) mass is 436 g/mol. The van der Waals surface area contributed by atoms with Gasteiger partial charge in [0.15, 0.2) is 5.82 Å². The third-order valence-corrected chi connectivity index (χ3v) is 4.62. The second-order valence-electron chi connectivity index (χ2n) is 8.01. The van der Waals surface area contributed by atoms with Crippen molar-refractivity contribution in [2.24, 2.45) is 0 Å². The number of hydrogen-bond donors (Lipinski definition) is 0. The van der Waals surface area contributed by atoms with Crippen LogP contribution in [-0.4, -0.2) is 41.4 Å². The van der Waals surface area contributed by atoms with E-state index in [1.54, 1.807) is 24.7 Å². The fourth-order valence-corrected chi connectivity index (χ4v) is 3.23. The number of benzene rings is 1. The molecule has 1 aromatic carbocycles. The lowest BCUT2D eigenvalue weighted by atomic mass is 10.1. The number of rotatable bonds is 4. The van der Waals surface area contributed by atoms with Crippen molar-refractivity contribution in [3.8, 4) is 11.5 Å². The number of halogens is 1. The molecule has 0 bridgehead atoms. The zero-order chi connectivity index (χ0) is 22.0. The van der Waals surface area contributed by atoms with Crippen LogP contribution in [0.1, 0.15) is 32.0 Å². The minimum atomic E-state index is -0.581. The van der Waals surface area contributed by atoms with Gasteiger partial charge in [-0.2, -0.15) is 9.78 Å². The van der Waals surface area contributed by atoms with Gasteiger partial charge in [-0.3, -0.25) is 0 Å². The summed E-state index contributed by atoms with van der Waals surface area (Å²) in [5.74, 6) is 0.510. The Morgan fingerprint density at radius 2 is 1.87 bits per heavy atom. The number of carbonyl (C=O) groups is 1. The molecule has 9 heteroatoms. The Morgan fingerprint density at radius 1 is 1.06 bits per heavy atom. The molecular weight excluding hydrogens is 416 g/mol. The summed E-state index contributed by atoms with van der Waals surface area (Å²) in [7, 11) is 0. The molecule has 0 saturated carbocycles. The van der Waals surface area contributed by atoms with E-state index in [2.05, 4.69) is 25.0 Å². The van der Waals surface area contributed by atoms with Crippen LogP contribution < -0.4 is 0 Å². The fraction of sp³-hybridized carbons (Fsp3) is 0.273. The number of fused-ring (bicyclic) bond motifs is 1. The van der Waals surface area contributed by atoms with Gasteiger partial charge in [0, 0.05) is 23.5 Å². The molecule has 31 heavy (non-hydrogen) atoms. The van der Waals surface area contributed by atoms with Crippen LogP contribution in [0.15, 0.2) is 48.9 Å². The summed E-state index contributed by atoms with van der Waals surface area (Å²) in [6, 6.07) is 9.50. The number of ether oxygens (including phenoxy) is 1. The van der Waals surface area contributed by atoms with Crippen molar-refractivity contribution < 1.29 is 9.53 Å². The first-order valence-electron chi connectivity index (χ1n) is 9.79. The smallest absolute Gasteiger partial charge is 0.435 e. The molecule has 8 nitrogen and oxygen atoms in total. The average Bonchev–Trinajstić information content (AvgIpc) is 3.15. The van der Waals surface area contributed by atoms with Gasteiger partial charge in [-0.25, -0.2) is 24.7 Å². The number of nitrogens with zero attached hydrogens (tertiary/aromatic N) is 6. The highest BCUT2D eigenvalue weighted by atomic mass is 35.5. The van der Waals surface area contributed by atoms with E-state index in [9.17, 15) is 4.79 Å². The topological polar surface area (TPSA) is 95.7 Å². The lowest BCUT2D eigenvalue weighted by molar-refractivity contribution is 0.0522. The van der Waals surface area contributed by atoms with Gasteiger partial charge in [-0.1, -0.05) is 6.07 Å².